The molecule has 0 aliphatic heterocycles. The number of hydrogen-bond acceptors (Lipinski definition) is 3. The van der Waals surface area contributed by atoms with Gasteiger partial charge in [-0.05, 0) is 24.3 Å². The second-order valence-electron chi connectivity index (χ2n) is 3.74. The third-order valence-corrected chi connectivity index (χ3v) is 2.63. The van der Waals surface area contributed by atoms with Crippen molar-refractivity contribution in [2.45, 2.75) is 0 Å². The van der Waals surface area contributed by atoms with Crippen molar-refractivity contribution >= 4 is 27.8 Å². The second-order valence-corrected chi connectivity index (χ2v) is 3.74. The van der Waals surface area contributed by atoms with Crippen LogP contribution in [0.1, 0.15) is 10.5 Å². The van der Waals surface area contributed by atoms with Crippen molar-refractivity contribution in [2.75, 3.05) is 0 Å². The number of pyridine rings is 2. The number of benzene rings is 1. The van der Waals surface area contributed by atoms with Crippen LogP contribution in [0.2, 0.25) is 0 Å². The maximum atomic E-state index is 10.8. The van der Waals surface area contributed by atoms with E-state index in [1.807, 2.05) is 18.2 Å². The lowest BCUT2D eigenvalue weighted by atomic mass is 10.1. The van der Waals surface area contributed by atoms with Crippen LogP contribution in [0.15, 0.2) is 42.6 Å². The van der Waals surface area contributed by atoms with Crippen LogP contribution in [-0.4, -0.2) is 21.0 Å². The first-order valence-electron chi connectivity index (χ1n) is 5.13. The van der Waals surface area contributed by atoms with Crippen LogP contribution in [0, 0.1) is 0 Å². The Morgan fingerprint density at radius 2 is 1.88 bits per heavy atom. The molecular formula is C13H8N2O2. The van der Waals surface area contributed by atoms with Crippen LogP contribution in [-0.2, 0) is 0 Å². The third-order valence-electron chi connectivity index (χ3n) is 2.63. The summed E-state index contributed by atoms with van der Waals surface area (Å²) >= 11 is 0. The summed E-state index contributed by atoms with van der Waals surface area (Å²) in [6.45, 7) is 0. The topological polar surface area (TPSA) is 63.1 Å². The van der Waals surface area contributed by atoms with Crippen molar-refractivity contribution in [3.63, 3.8) is 0 Å². The van der Waals surface area contributed by atoms with Crippen LogP contribution in [0.25, 0.3) is 21.8 Å². The zero-order chi connectivity index (χ0) is 11.8. The van der Waals surface area contributed by atoms with Crippen molar-refractivity contribution in [3.8, 4) is 0 Å². The summed E-state index contributed by atoms with van der Waals surface area (Å²) < 4.78 is 0. The Morgan fingerprint density at radius 1 is 1.06 bits per heavy atom. The van der Waals surface area contributed by atoms with Crippen LogP contribution in [0.4, 0.5) is 0 Å². The monoisotopic (exact) mass is 224 g/mol. The Kier molecular flexibility index (Phi) is 2.01. The summed E-state index contributed by atoms with van der Waals surface area (Å²) in [6, 6.07) is 10.9. The van der Waals surface area contributed by atoms with Crippen molar-refractivity contribution < 1.29 is 9.90 Å². The molecule has 0 radical (unpaired) electrons. The fraction of sp³-hybridized carbons (Fsp3) is 0. The normalized spacial score (nSPS) is 10.8. The number of hydrogen-bond donors (Lipinski definition) is 1. The first-order chi connectivity index (χ1) is 8.24. The number of rotatable bonds is 1. The van der Waals surface area contributed by atoms with Crippen molar-refractivity contribution in [3.05, 3.63) is 48.3 Å². The summed E-state index contributed by atoms with van der Waals surface area (Å²) in [4.78, 5) is 19.1. The average molecular weight is 224 g/mol. The highest BCUT2D eigenvalue weighted by Gasteiger charge is 2.06. The van der Waals surface area contributed by atoms with E-state index in [0.29, 0.717) is 5.52 Å². The van der Waals surface area contributed by atoms with Gasteiger partial charge >= 0.3 is 5.97 Å². The Labute approximate surface area is 96.6 Å². The van der Waals surface area contributed by atoms with E-state index < -0.39 is 5.97 Å². The summed E-state index contributed by atoms with van der Waals surface area (Å²) in [5.41, 5.74) is 1.51. The molecule has 4 nitrogen and oxygen atoms in total. The van der Waals surface area contributed by atoms with Gasteiger partial charge in [0.15, 0.2) is 0 Å². The molecule has 3 rings (SSSR count). The molecule has 0 atom stereocenters. The van der Waals surface area contributed by atoms with E-state index >= 15 is 0 Å². The number of aromatic nitrogens is 2. The van der Waals surface area contributed by atoms with Gasteiger partial charge in [0.2, 0.25) is 0 Å². The second kappa shape index (κ2) is 3.52. The van der Waals surface area contributed by atoms with Gasteiger partial charge in [0.05, 0.1) is 11.0 Å². The molecule has 0 bridgehead atoms. The zero-order valence-corrected chi connectivity index (χ0v) is 8.79. The molecule has 0 saturated heterocycles. The predicted octanol–water partition coefficient (Wildman–Crippen LogP) is 2.48. The van der Waals surface area contributed by atoms with Crippen molar-refractivity contribution in [1.29, 1.82) is 0 Å². The van der Waals surface area contributed by atoms with Gasteiger partial charge in [-0.1, -0.05) is 12.1 Å². The molecule has 0 aliphatic rings. The molecule has 2 aromatic heterocycles. The smallest absolute Gasteiger partial charge is 0.354 e. The van der Waals surface area contributed by atoms with Gasteiger partial charge in [0.1, 0.15) is 5.69 Å². The minimum absolute atomic E-state index is 0.0489. The highest BCUT2D eigenvalue weighted by Crippen LogP contribution is 2.20. The lowest BCUT2D eigenvalue weighted by Gasteiger charge is -2.01. The highest BCUT2D eigenvalue weighted by atomic mass is 16.4. The molecule has 82 valence electrons. The number of carboxylic acid groups (broad SMARTS) is 1. The van der Waals surface area contributed by atoms with E-state index in [-0.39, 0.29) is 5.69 Å². The third kappa shape index (κ3) is 1.59. The van der Waals surface area contributed by atoms with E-state index in [4.69, 9.17) is 5.11 Å². The van der Waals surface area contributed by atoms with E-state index in [0.717, 1.165) is 16.3 Å². The first-order valence-corrected chi connectivity index (χ1v) is 5.13. The number of aromatic carboxylic acids is 1. The SMILES string of the molecule is O=C(O)c1ccc2cc3cccnc3cc2n1. The molecule has 0 amide bonds. The van der Waals surface area contributed by atoms with Gasteiger partial charge < -0.3 is 5.11 Å². The fourth-order valence-electron chi connectivity index (χ4n) is 1.81. The summed E-state index contributed by atoms with van der Waals surface area (Å²) in [6.07, 6.45) is 1.70. The molecular weight excluding hydrogens is 216 g/mol. The standard InChI is InChI=1S/C13H8N2O2/c16-13(17)10-4-3-9-6-8-2-1-5-14-11(8)7-12(9)15-10/h1-7H,(H,16,17). The predicted molar refractivity (Wildman–Crippen MR) is 64.0 cm³/mol. The van der Waals surface area contributed by atoms with Crippen molar-refractivity contribution in [2.24, 2.45) is 0 Å². The van der Waals surface area contributed by atoms with Crippen LogP contribution >= 0.6 is 0 Å². The lowest BCUT2D eigenvalue weighted by molar-refractivity contribution is 0.0691. The Balaban J connectivity index is 2.36. The van der Waals surface area contributed by atoms with Gasteiger partial charge in [-0.15, -0.1) is 0 Å². The van der Waals surface area contributed by atoms with Crippen LogP contribution < -0.4 is 0 Å². The maximum absolute atomic E-state index is 10.8. The van der Waals surface area contributed by atoms with Crippen molar-refractivity contribution in [1.82, 2.24) is 9.97 Å². The fourth-order valence-corrected chi connectivity index (χ4v) is 1.81. The van der Waals surface area contributed by atoms with E-state index in [9.17, 15) is 4.79 Å². The van der Waals surface area contributed by atoms with Gasteiger partial charge in [-0.3, -0.25) is 4.98 Å². The number of carbonyl (C=O) groups is 1. The number of carboxylic acids is 1. The quantitative estimate of drug-likeness (QED) is 0.645. The van der Waals surface area contributed by atoms with Gasteiger partial charge in [0.25, 0.3) is 0 Å². The average Bonchev–Trinajstić information content (AvgIpc) is 2.35. The summed E-state index contributed by atoms with van der Waals surface area (Å²) in [5.74, 6) is -1.02. The highest BCUT2D eigenvalue weighted by molar-refractivity contribution is 5.96. The molecule has 1 N–H and O–H groups in total. The number of fused-ring (bicyclic) bond motifs is 2. The van der Waals surface area contributed by atoms with Gasteiger partial charge in [0, 0.05) is 17.0 Å². The zero-order valence-electron chi connectivity index (χ0n) is 8.79. The lowest BCUT2D eigenvalue weighted by Crippen LogP contribution is -1.99. The molecule has 0 saturated carbocycles. The minimum atomic E-state index is -1.02. The molecule has 2 heterocycles. The van der Waals surface area contributed by atoms with E-state index in [2.05, 4.69) is 9.97 Å². The summed E-state index contributed by atoms with van der Waals surface area (Å²) in [7, 11) is 0. The molecule has 3 aromatic rings. The largest absolute Gasteiger partial charge is 0.477 e. The molecule has 0 fully saturated rings. The molecule has 17 heavy (non-hydrogen) atoms. The molecule has 0 unspecified atom stereocenters. The molecule has 0 spiro atoms. The van der Waals surface area contributed by atoms with Gasteiger partial charge in [-0.25, -0.2) is 9.78 Å². The Morgan fingerprint density at radius 3 is 2.71 bits per heavy atom. The van der Waals surface area contributed by atoms with Gasteiger partial charge in [-0.2, -0.15) is 0 Å². The molecule has 0 aliphatic carbocycles. The summed E-state index contributed by atoms with van der Waals surface area (Å²) in [5, 5.41) is 10.8. The first kappa shape index (κ1) is 9.72. The Hall–Kier alpha value is -2.49. The minimum Gasteiger partial charge on any atom is -0.477 e. The molecule has 4 heteroatoms. The van der Waals surface area contributed by atoms with Crippen LogP contribution in [0.3, 0.4) is 0 Å². The van der Waals surface area contributed by atoms with Crippen LogP contribution in [0.5, 0.6) is 0 Å². The van der Waals surface area contributed by atoms with E-state index in [1.54, 1.807) is 18.3 Å². The Bertz CT molecular complexity index is 738. The maximum Gasteiger partial charge on any atom is 0.354 e. The van der Waals surface area contributed by atoms with E-state index in [1.165, 1.54) is 6.07 Å². The molecule has 1 aromatic carbocycles. The number of nitrogens with zero attached hydrogens (tertiary/aromatic N) is 2.